The Morgan fingerprint density at radius 2 is 1.57 bits per heavy atom. The summed E-state index contributed by atoms with van der Waals surface area (Å²) >= 11 is 0. The molecular formula is C18H17NO2. The topological polar surface area (TPSA) is 31.2 Å². The van der Waals surface area contributed by atoms with Crippen molar-refractivity contribution in [2.45, 2.75) is 13.3 Å². The molecular weight excluding hydrogens is 262 g/mol. The molecule has 0 saturated heterocycles. The van der Waals surface area contributed by atoms with Gasteiger partial charge in [-0.25, -0.2) is 0 Å². The lowest BCUT2D eigenvalue weighted by Gasteiger charge is -2.09. The highest BCUT2D eigenvalue weighted by molar-refractivity contribution is 6.07. The molecule has 0 radical (unpaired) electrons. The average molecular weight is 279 g/mol. The summed E-state index contributed by atoms with van der Waals surface area (Å²) in [5.41, 5.74) is 2.60. The van der Waals surface area contributed by atoms with Crippen LogP contribution in [0.15, 0.2) is 60.7 Å². The van der Waals surface area contributed by atoms with E-state index in [-0.39, 0.29) is 5.78 Å². The molecule has 106 valence electrons. The van der Waals surface area contributed by atoms with Crippen LogP contribution < -0.4 is 4.84 Å². The zero-order valence-corrected chi connectivity index (χ0v) is 12.0. The van der Waals surface area contributed by atoms with Gasteiger partial charge >= 0.3 is 0 Å². The molecule has 3 nitrogen and oxygen atoms in total. The lowest BCUT2D eigenvalue weighted by atomic mass is 10.2. The molecule has 3 heteroatoms. The number of hydrogen-bond acceptors (Lipinski definition) is 2. The van der Waals surface area contributed by atoms with Crippen LogP contribution >= 0.6 is 0 Å². The molecule has 0 atom stereocenters. The number of benzene rings is 2. The predicted octanol–water partition coefficient (Wildman–Crippen LogP) is 3.76. The fourth-order valence-electron chi connectivity index (χ4n) is 2.47. The molecule has 3 rings (SSSR count). The maximum absolute atomic E-state index is 11.6. The third kappa shape index (κ3) is 2.42. The van der Waals surface area contributed by atoms with Gasteiger partial charge in [0.2, 0.25) is 0 Å². The van der Waals surface area contributed by atoms with Crippen molar-refractivity contribution in [3.05, 3.63) is 60.7 Å². The molecule has 1 heterocycles. The van der Waals surface area contributed by atoms with E-state index >= 15 is 0 Å². The van der Waals surface area contributed by atoms with Crippen LogP contribution in [0.5, 0.6) is 0 Å². The lowest BCUT2D eigenvalue weighted by molar-refractivity contribution is -0.116. The Morgan fingerprint density at radius 3 is 2.10 bits per heavy atom. The Labute approximate surface area is 123 Å². The highest BCUT2D eigenvalue weighted by Gasteiger charge is 2.11. The Morgan fingerprint density at radius 1 is 1.05 bits per heavy atom. The molecule has 0 spiro atoms. The number of aromatic nitrogens is 1. The summed E-state index contributed by atoms with van der Waals surface area (Å²) in [4.78, 5) is 17.5. The number of carbonyl (C=O) groups excluding carboxylic acids is 1. The van der Waals surface area contributed by atoms with Crippen LogP contribution in [0.2, 0.25) is 0 Å². The van der Waals surface area contributed by atoms with Crippen LogP contribution in [-0.4, -0.2) is 17.1 Å². The monoisotopic (exact) mass is 279 g/mol. The van der Waals surface area contributed by atoms with Crippen LogP contribution in [0.1, 0.15) is 13.3 Å². The summed E-state index contributed by atoms with van der Waals surface area (Å²) in [6.45, 7) is 5.73. The van der Waals surface area contributed by atoms with Gasteiger partial charge in [0.25, 0.3) is 0 Å². The highest BCUT2D eigenvalue weighted by atomic mass is 16.7. The first-order valence-corrected chi connectivity index (χ1v) is 6.98. The zero-order valence-electron chi connectivity index (χ0n) is 12.0. The van der Waals surface area contributed by atoms with Gasteiger partial charge in [0.15, 0.2) is 5.78 Å². The van der Waals surface area contributed by atoms with Gasteiger partial charge in [0, 0.05) is 17.2 Å². The summed E-state index contributed by atoms with van der Waals surface area (Å²) in [5.74, 6) is 0.0377. The number of ketones is 1. The van der Waals surface area contributed by atoms with Gasteiger partial charge in [0.05, 0.1) is 11.0 Å². The summed E-state index contributed by atoms with van der Waals surface area (Å²) < 4.78 is 1.82. The minimum atomic E-state index is 0.0377. The standard InChI is InChI=1S/C18H17NO2/c1-13(2)18(20)11-12-21-19-16-9-5-3-7-14(16)15-8-4-6-10-17(15)19/h3-10H,1,11-12H2,2H3. The average Bonchev–Trinajstić information content (AvgIpc) is 2.82. The second kappa shape index (κ2) is 5.44. The molecule has 2 aromatic carbocycles. The molecule has 0 aliphatic heterocycles. The largest absolute Gasteiger partial charge is 0.413 e. The Hall–Kier alpha value is -2.55. The molecule has 3 aromatic rings. The van der Waals surface area contributed by atoms with E-state index in [2.05, 4.69) is 18.7 Å². The summed E-state index contributed by atoms with van der Waals surface area (Å²) in [6.07, 6.45) is 0.343. The van der Waals surface area contributed by atoms with E-state index in [1.807, 2.05) is 41.1 Å². The highest BCUT2D eigenvalue weighted by Crippen LogP contribution is 2.27. The maximum Gasteiger partial charge on any atom is 0.161 e. The number of allylic oxidation sites excluding steroid dienone is 1. The first-order chi connectivity index (χ1) is 10.2. The third-order valence-corrected chi connectivity index (χ3v) is 3.56. The molecule has 0 fully saturated rings. The second-order valence-corrected chi connectivity index (χ2v) is 5.12. The van der Waals surface area contributed by atoms with Crippen molar-refractivity contribution in [3.63, 3.8) is 0 Å². The normalized spacial score (nSPS) is 10.9. The number of fused-ring (bicyclic) bond motifs is 3. The van der Waals surface area contributed by atoms with Crippen molar-refractivity contribution in [1.82, 2.24) is 4.73 Å². The molecule has 21 heavy (non-hydrogen) atoms. The number of rotatable bonds is 5. The van der Waals surface area contributed by atoms with E-state index in [9.17, 15) is 4.79 Å². The van der Waals surface area contributed by atoms with E-state index in [1.165, 1.54) is 0 Å². The van der Waals surface area contributed by atoms with Gasteiger partial charge < -0.3 is 4.84 Å². The van der Waals surface area contributed by atoms with Crippen LogP contribution in [0, 0.1) is 0 Å². The van der Waals surface area contributed by atoms with Crippen molar-refractivity contribution in [3.8, 4) is 0 Å². The fourth-order valence-corrected chi connectivity index (χ4v) is 2.47. The van der Waals surface area contributed by atoms with E-state index in [1.54, 1.807) is 6.92 Å². The minimum absolute atomic E-state index is 0.0377. The minimum Gasteiger partial charge on any atom is -0.413 e. The smallest absolute Gasteiger partial charge is 0.161 e. The van der Waals surface area contributed by atoms with Crippen molar-refractivity contribution in [2.75, 3.05) is 6.61 Å². The van der Waals surface area contributed by atoms with Gasteiger partial charge in [-0.15, -0.1) is 0 Å². The van der Waals surface area contributed by atoms with Crippen LogP contribution in [-0.2, 0) is 4.79 Å². The second-order valence-electron chi connectivity index (χ2n) is 5.12. The van der Waals surface area contributed by atoms with Crippen LogP contribution in [0.4, 0.5) is 0 Å². The van der Waals surface area contributed by atoms with Crippen molar-refractivity contribution in [2.24, 2.45) is 0 Å². The number of nitrogens with zero attached hydrogens (tertiary/aromatic N) is 1. The molecule has 0 bridgehead atoms. The molecule has 0 unspecified atom stereocenters. The summed E-state index contributed by atoms with van der Waals surface area (Å²) in [5, 5.41) is 2.30. The van der Waals surface area contributed by atoms with Crippen molar-refractivity contribution in [1.29, 1.82) is 0 Å². The maximum atomic E-state index is 11.6. The SMILES string of the molecule is C=C(C)C(=O)CCOn1c2ccccc2c2ccccc21. The molecule has 0 aliphatic carbocycles. The third-order valence-electron chi connectivity index (χ3n) is 3.56. The number of para-hydroxylation sites is 2. The van der Waals surface area contributed by atoms with Crippen molar-refractivity contribution < 1.29 is 9.63 Å². The molecule has 0 N–H and O–H groups in total. The Balaban J connectivity index is 1.96. The van der Waals surface area contributed by atoms with E-state index in [4.69, 9.17) is 4.84 Å². The van der Waals surface area contributed by atoms with Gasteiger partial charge in [-0.3, -0.25) is 4.79 Å². The molecule has 0 aliphatic rings. The molecule has 1 aromatic heterocycles. The Kier molecular flexibility index (Phi) is 3.48. The van der Waals surface area contributed by atoms with Gasteiger partial charge in [-0.1, -0.05) is 43.0 Å². The van der Waals surface area contributed by atoms with Gasteiger partial charge in [0.1, 0.15) is 6.61 Å². The number of carbonyl (C=O) groups is 1. The van der Waals surface area contributed by atoms with E-state index < -0.39 is 0 Å². The van der Waals surface area contributed by atoms with Crippen molar-refractivity contribution >= 4 is 27.6 Å². The first-order valence-electron chi connectivity index (χ1n) is 6.98. The quantitative estimate of drug-likeness (QED) is 0.666. The van der Waals surface area contributed by atoms with E-state index in [0.717, 1.165) is 21.8 Å². The van der Waals surface area contributed by atoms with Crippen LogP contribution in [0.3, 0.4) is 0 Å². The Bertz CT molecular complexity index is 776. The lowest BCUT2D eigenvalue weighted by Crippen LogP contribution is -2.15. The molecule has 0 saturated carbocycles. The summed E-state index contributed by atoms with van der Waals surface area (Å²) in [6, 6.07) is 16.2. The van der Waals surface area contributed by atoms with Gasteiger partial charge in [-0.2, -0.15) is 4.73 Å². The summed E-state index contributed by atoms with van der Waals surface area (Å²) in [7, 11) is 0. The van der Waals surface area contributed by atoms with E-state index in [0.29, 0.717) is 18.6 Å². The van der Waals surface area contributed by atoms with Gasteiger partial charge in [-0.05, 0) is 24.6 Å². The zero-order chi connectivity index (χ0) is 14.8. The van der Waals surface area contributed by atoms with Crippen LogP contribution in [0.25, 0.3) is 21.8 Å². The fraction of sp³-hybridized carbons (Fsp3) is 0.167. The first kappa shape index (κ1) is 13.4. The molecule has 0 amide bonds. The predicted molar refractivity (Wildman–Crippen MR) is 85.3 cm³/mol. The number of hydrogen-bond donors (Lipinski definition) is 0. The number of Topliss-reactive ketones (excluding diaryl/α,β-unsaturated/α-hetero) is 1.